The molecular weight excluding hydrogens is 128 g/mol. The third kappa shape index (κ3) is 1.37. The van der Waals surface area contributed by atoms with Crippen molar-refractivity contribution in [2.45, 2.75) is 13.0 Å². The van der Waals surface area contributed by atoms with Gasteiger partial charge in [-0.25, -0.2) is 4.79 Å². The number of aromatic amines is 1. The lowest BCUT2D eigenvalue weighted by Gasteiger charge is -1.93. The highest BCUT2D eigenvalue weighted by molar-refractivity contribution is 4.77. The molecule has 1 rings (SSSR count). The highest BCUT2D eigenvalue weighted by atomic mass is 16.1. The second-order valence-corrected chi connectivity index (χ2v) is 2.04. The van der Waals surface area contributed by atoms with Gasteiger partial charge in [0.25, 0.3) is 0 Å². The lowest BCUT2D eigenvalue weighted by molar-refractivity contribution is 0.684. The summed E-state index contributed by atoms with van der Waals surface area (Å²) in [4.78, 5) is 13.3. The largest absolute Gasteiger partial charge is 0.325 e. The fourth-order valence-electron chi connectivity index (χ4n) is 0.756. The third-order valence-corrected chi connectivity index (χ3v) is 1.30. The molecule has 3 nitrogen and oxygen atoms in total. The fraction of sp³-hybridized carbons (Fsp3) is 0.286. The van der Waals surface area contributed by atoms with Crippen LogP contribution in [0.1, 0.15) is 6.42 Å². The van der Waals surface area contributed by atoms with E-state index in [9.17, 15) is 4.79 Å². The van der Waals surface area contributed by atoms with Gasteiger partial charge in [0, 0.05) is 18.9 Å². The number of H-pyrrole nitrogens is 1. The van der Waals surface area contributed by atoms with Crippen molar-refractivity contribution in [3.8, 4) is 0 Å². The van der Waals surface area contributed by atoms with Crippen LogP contribution in [0.2, 0.25) is 0 Å². The van der Waals surface area contributed by atoms with Crippen molar-refractivity contribution in [3.63, 3.8) is 0 Å². The van der Waals surface area contributed by atoms with Gasteiger partial charge in [-0.05, 0) is 6.42 Å². The molecule has 1 heterocycles. The van der Waals surface area contributed by atoms with E-state index in [2.05, 4.69) is 11.6 Å². The third-order valence-electron chi connectivity index (χ3n) is 1.30. The number of aryl methyl sites for hydroxylation is 1. The van der Waals surface area contributed by atoms with Gasteiger partial charge in [-0.2, -0.15) is 0 Å². The Labute approximate surface area is 59.0 Å². The summed E-state index contributed by atoms with van der Waals surface area (Å²) < 4.78 is 1.61. The van der Waals surface area contributed by atoms with Gasteiger partial charge in [-0.1, -0.05) is 6.08 Å². The molecule has 0 saturated carbocycles. The van der Waals surface area contributed by atoms with E-state index in [-0.39, 0.29) is 5.69 Å². The van der Waals surface area contributed by atoms with E-state index in [1.54, 1.807) is 23.0 Å². The normalized spacial score (nSPS) is 9.60. The molecule has 0 fully saturated rings. The molecule has 0 radical (unpaired) electrons. The van der Waals surface area contributed by atoms with Crippen molar-refractivity contribution in [2.24, 2.45) is 0 Å². The van der Waals surface area contributed by atoms with Crippen LogP contribution in [0.25, 0.3) is 0 Å². The van der Waals surface area contributed by atoms with E-state index in [4.69, 9.17) is 0 Å². The summed E-state index contributed by atoms with van der Waals surface area (Å²) in [5.41, 5.74) is -0.0538. The average molecular weight is 138 g/mol. The molecule has 3 heteroatoms. The molecule has 0 unspecified atom stereocenters. The van der Waals surface area contributed by atoms with Crippen LogP contribution in [0.5, 0.6) is 0 Å². The van der Waals surface area contributed by atoms with Crippen molar-refractivity contribution >= 4 is 0 Å². The van der Waals surface area contributed by atoms with Crippen LogP contribution in [0, 0.1) is 0 Å². The minimum atomic E-state index is -0.0538. The molecule has 0 aliphatic rings. The molecule has 0 saturated heterocycles. The van der Waals surface area contributed by atoms with Crippen molar-refractivity contribution < 1.29 is 0 Å². The fourth-order valence-corrected chi connectivity index (χ4v) is 0.756. The van der Waals surface area contributed by atoms with E-state index >= 15 is 0 Å². The number of nitrogens with one attached hydrogen (secondary N) is 1. The highest BCUT2D eigenvalue weighted by Gasteiger charge is 1.90. The Morgan fingerprint density at radius 3 is 3.10 bits per heavy atom. The van der Waals surface area contributed by atoms with Gasteiger partial charge in [-0.15, -0.1) is 6.58 Å². The van der Waals surface area contributed by atoms with Gasteiger partial charge in [0.05, 0.1) is 0 Å². The molecule has 0 aromatic carbocycles. The molecule has 54 valence electrons. The second kappa shape index (κ2) is 3.06. The van der Waals surface area contributed by atoms with Crippen molar-refractivity contribution in [1.82, 2.24) is 9.55 Å². The molecule has 1 aromatic rings. The predicted octanol–water partition coefficient (Wildman–Crippen LogP) is 0.752. The lowest BCUT2D eigenvalue weighted by Crippen LogP contribution is -2.15. The maximum atomic E-state index is 10.8. The quantitative estimate of drug-likeness (QED) is 0.615. The zero-order valence-electron chi connectivity index (χ0n) is 5.71. The number of allylic oxidation sites excluding steroid dienone is 1. The van der Waals surface area contributed by atoms with Crippen LogP contribution in [-0.2, 0) is 6.54 Å². The number of imidazole rings is 1. The first kappa shape index (κ1) is 6.86. The van der Waals surface area contributed by atoms with Gasteiger partial charge >= 0.3 is 5.69 Å². The summed E-state index contributed by atoms with van der Waals surface area (Å²) >= 11 is 0. The minimum absolute atomic E-state index is 0.0538. The Kier molecular flexibility index (Phi) is 2.10. The van der Waals surface area contributed by atoms with E-state index in [1.807, 2.05) is 0 Å². The molecule has 1 N–H and O–H groups in total. The molecule has 0 aliphatic carbocycles. The summed E-state index contributed by atoms with van der Waals surface area (Å²) in [6.07, 6.45) is 5.98. The Morgan fingerprint density at radius 2 is 2.60 bits per heavy atom. The maximum absolute atomic E-state index is 10.8. The monoisotopic (exact) mass is 138 g/mol. The number of hydrogen-bond donors (Lipinski definition) is 1. The van der Waals surface area contributed by atoms with Gasteiger partial charge < -0.3 is 4.98 Å². The lowest BCUT2D eigenvalue weighted by atomic mass is 10.4. The first-order valence-corrected chi connectivity index (χ1v) is 3.19. The Morgan fingerprint density at radius 1 is 1.80 bits per heavy atom. The van der Waals surface area contributed by atoms with Gasteiger partial charge in [0.2, 0.25) is 0 Å². The molecule has 0 aliphatic heterocycles. The SMILES string of the molecule is C=CCCn1cc[nH]c1=O. The maximum Gasteiger partial charge on any atom is 0.325 e. The van der Waals surface area contributed by atoms with Crippen LogP contribution in [0.4, 0.5) is 0 Å². The Balaban J connectivity index is 2.65. The Hall–Kier alpha value is -1.25. The Bertz CT molecular complexity index is 259. The summed E-state index contributed by atoms with van der Waals surface area (Å²) in [5.74, 6) is 0. The van der Waals surface area contributed by atoms with Crippen molar-refractivity contribution in [1.29, 1.82) is 0 Å². The first-order chi connectivity index (χ1) is 4.84. The number of rotatable bonds is 3. The highest BCUT2D eigenvalue weighted by Crippen LogP contribution is 1.85. The first-order valence-electron chi connectivity index (χ1n) is 3.19. The van der Waals surface area contributed by atoms with E-state index in [0.717, 1.165) is 6.42 Å². The second-order valence-electron chi connectivity index (χ2n) is 2.04. The van der Waals surface area contributed by atoms with Crippen molar-refractivity contribution in [3.05, 3.63) is 35.5 Å². The zero-order valence-corrected chi connectivity index (χ0v) is 5.71. The number of nitrogens with zero attached hydrogens (tertiary/aromatic N) is 1. The molecule has 0 amide bonds. The summed E-state index contributed by atoms with van der Waals surface area (Å²) in [7, 11) is 0. The molecule has 10 heavy (non-hydrogen) atoms. The van der Waals surface area contributed by atoms with E-state index in [1.165, 1.54) is 0 Å². The van der Waals surface area contributed by atoms with E-state index < -0.39 is 0 Å². The minimum Gasteiger partial charge on any atom is -0.313 e. The smallest absolute Gasteiger partial charge is 0.313 e. The van der Waals surface area contributed by atoms with Crippen LogP contribution >= 0.6 is 0 Å². The number of aromatic nitrogens is 2. The molecule has 0 atom stereocenters. The summed E-state index contributed by atoms with van der Waals surface area (Å²) in [6, 6.07) is 0. The molecular formula is C7H10N2O. The van der Waals surface area contributed by atoms with Gasteiger partial charge in [-0.3, -0.25) is 4.57 Å². The van der Waals surface area contributed by atoms with Crippen LogP contribution in [0.15, 0.2) is 29.8 Å². The topological polar surface area (TPSA) is 37.8 Å². The van der Waals surface area contributed by atoms with E-state index in [0.29, 0.717) is 6.54 Å². The molecule has 0 spiro atoms. The van der Waals surface area contributed by atoms with Gasteiger partial charge in [0.1, 0.15) is 0 Å². The van der Waals surface area contributed by atoms with Crippen LogP contribution in [0.3, 0.4) is 0 Å². The van der Waals surface area contributed by atoms with Crippen LogP contribution < -0.4 is 5.69 Å². The zero-order chi connectivity index (χ0) is 7.40. The summed E-state index contributed by atoms with van der Waals surface area (Å²) in [5, 5.41) is 0. The number of hydrogen-bond acceptors (Lipinski definition) is 1. The molecule has 1 aromatic heterocycles. The average Bonchev–Trinajstić information content (AvgIpc) is 2.31. The van der Waals surface area contributed by atoms with Gasteiger partial charge in [0.15, 0.2) is 0 Å². The molecule has 0 bridgehead atoms. The summed E-state index contributed by atoms with van der Waals surface area (Å²) in [6.45, 7) is 4.28. The van der Waals surface area contributed by atoms with Crippen LogP contribution in [-0.4, -0.2) is 9.55 Å². The van der Waals surface area contributed by atoms with Crippen molar-refractivity contribution in [2.75, 3.05) is 0 Å². The predicted molar refractivity (Wildman–Crippen MR) is 39.9 cm³/mol. The standard InChI is InChI=1S/C7H10N2O/c1-2-3-5-9-6-4-8-7(9)10/h2,4,6H,1,3,5H2,(H,8,10).